The second-order valence-corrected chi connectivity index (χ2v) is 6.76. The predicted molar refractivity (Wildman–Crippen MR) is 99.3 cm³/mol. The van der Waals surface area contributed by atoms with Crippen molar-refractivity contribution >= 4 is 11.9 Å². The van der Waals surface area contributed by atoms with Crippen LogP contribution in [0.2, 0.25) is 0 Å². The van der Waals surface area contributed by atoms with E-state index in [0.717, 1.165) is 10.5 Å². The molecule has 3 rings (SSSR count). The maximum Gasteiger partial charge on any atom is 0.328 e. The van der Waals surface area contributed by atoms with E-state index < -0.39 is 17.3 Å². The molecule has 8 nitrogen and oxygen atoms in total. The molecule has 3 amide bonds. The van der Waals surface area contributed by atoms with Crippen molar-refractivity contribution < 1.29 is 9.59 Å². The Balaban J connectivity index is 1.72. The summed E-state index contributed by atoms with van der Waals surface area (Å²) in [6.07, 6.45) is 2.25. The summed E-state index contributed by atoms with van der Waals surface area (Å²) >= 11 is 0. The number of nitrogens with zero attached hydrogens (tertiary/aromatic N) is 3. The molecule has 1 aliphatic rings. The fraction of sp³-hybridized carbons (Fsp3) is 0.368. The van der Waals surface area contributed by atoms with Gasteiger partial charge < -0.3 is 9.47 Å². The standard InChI is InChI=1S/C19H22N4O4/c1-13-3-5-14(6-4-13)7-9-22-10-8-16(24)23(19(22)27)12-15-11-21(2)18(26)20-17(15)25/h3-6,11H,7-10,12H2,1-2H3,(H,20,25,26). The van der Waals surface area contributed by atoms with Gasteiger partial charge in [0.05, 0.1) is 12.1 Å². The Labute approximate surface area is 156 Å². The first kappa shape index (κ1) is 18.6. The van der Waals surface area contributed by atoms with Gasteiger partial charge in [-0.05, 0) is 18.9 Å². The number of hydrogen-bond acceptors (Lipinski definition) is 4. The van der Waals surface area contributed by atoms with Gasteiger partial charge in [0, 0.05) is 32.8 Å². The van der Waals surface area contributed by atoms with E-state index in [4.69, 9.17) is 0 Å². The SMILES string of the molecule is Cc1ccc(CCN2CCC(=O)N(Cc3cn(C)c(=O)[nH]c3=O)C2=O)cc1. The number of hydrogen-bond donors (Lipinski definition) is 1. The highest BCUT2D eigenvalue weighted by Crippen LogP contribution is 2.14. The molecule has 142 valence electrons. The van der Waals surface area contributed by atoms with Crippen LogP contribution in [0, 0.1) is 6.92 Å². The Morgan fingerprint density at radius 2 is 1.78 bits per heavy atom. The van der Waals surface area contributed by atoms with Crippen molar-refractivity contribution in [2.45, 2.75) is 26.3 Å². The van der Waals surface area contributed by atoms with E-state index >= 15 is 0 Å². The molecule has 0 aliphatic carbocycles. The summed E-state index contributed by atoms with van der Waals surface area (Å²) in [6.45, 7) is 2.73. The normalized spacial score (nSPS) is 14.7. The Bertz CT molecular complexity index is 974. The van der Waals surface area contributed by atoms with Gasteiger partial charge in [-0.1, -0.05) is 29.8 Å². The van der Waals surface area contributed by atoms with Crippen LogP contribution in [0.15, 0.2) is 40.1 Å². The molecule has 8 heteroatoms. The third-order valence-corrected chi connectivity index (χ3v) is 4.70. The van der Waals surface area contributed by atoms with E-state index in [0.29, 0.717) is 19.5 Å². The van der Waals surface area contributed by atoms with Gasteiger partial charge in [-0.3, -0.25) is 19.5 Å². The van der Waals surface area contributed by atoms with Crippen LogP contribution >= 0.6 is 0 Å². The number of carbonyl (C=O) groups excluding carboxylic acids is 2. The molecule has 2 aromatic rings. The molecule has 0 spiro atoms. The van der Waals surface area contributed by atoms with Gasteiger partial charge >= 0.3 is 11.7 Å². The zero-order chi connectivity index (χ0) is 19.6. The molecular formula is C19H22N4O4. The van der Waals surface area contributed by atoms with Crippen molar-refractivity contribution in [3.05, 3.63) is 68.0 Å². The molecule has 1 aliphatic heterocycles. The Hall–Kier alpha value is -3.16. The molecular weight excluding hydrogens is 348 g/mol. The molecule has 0 atom stereocenters. The summed E-state index contributed by atoms with van der Waals surface area (Å²) in [4.78, 5) is 53.3. The summed E-state index contributed by atoms with van der Waals surface area (Å²) < 4.78 is 1.21. The number of urea groups is 1. The molecule has 0 bridgehead atoms. The third-order valence-electron chi connectivity index (χ3n) is 4.70. The molecule has 1 aromatic carbocycles. The van der Waals surface area contributed by atoms with Crippen molar-refractivity contribution in [2.75, 3.05) is 13.1 Å². The van der Waals surface area contributed by atoms with Gasteiger partial charge in [0.15, 0.2) is 0 Å². The summed E-state index contributed by atoms with van der Waals surface area (Å²) in [7, 11) is 1.50. The van der Waals surface area contributed by atoms with Crippen molar-refractivity contribution in [3.63, 3.8) is 0 Å². The summed E-state index contributed by atoms with van der Waals surface area (Å²) in [5.41, 5.74) is 1.35. The first-order valence-electron chi connectivity index (χ1n) is 8.79. The van der Waals surface area contributed by atoms with E-state index in [9.17, 15) is 19.2 Å². The number of benzene rings is 1. The molecule has 2 heterocycles. The van der Waals surface area contributed by atoms with Gasteiger partial charge in [0.1, 0.15) is 0 Å². The maximum atomic E-state index is 12.7. The first-order valence-corrected chi connectivity index (χ1v) is 8.79. The van der Waals surface area contributed by atoms with E-state index in [-0.39, 0.29) is 24.4 Å². The topological polar surface area (TPSA) is 95.5 Å². The summed E-state index contributed by atoms with van der Waals surface area (Å²) in [5.74, 6) is -0.320. The second-order valence-electron chi connectivity index (χ2n) is 6.76. The molecule has 1 saturated heterocycles. The lowest BCUT2D eigenvalue weighted by molar-refractivity contribution is -0.131. The number of carbonyl (C=O) groups is 2. The number of H-pyrrole nitrogens is 1. The van der Waals surface area contributed by atoms with Crippen molar-refractivity contribution in [1.82, 2.24) is 19.4 Å². The highest BCUT2D eigenvalue weighted by molar-refractivity contribution is 5.96. The van der Waals surface area contributed by atoms with Crippen molar-refractivity contribution in [2.24, 2.45) is 7.05 Å². The number of aromatic nitrogens is 2. The fourth-order valence-corrected chi connectivity index (χ4v) is 3.02. The van der Waals surface area contributed by atoms with Crippen LogP contribution in [-0.4, -0.2) is 44.4 Å². The fourth-order valence-electron chi connectivity index (χ4n) is 3.02. The van der Waals surface area contributed by atoms with Crippen LogP contribution < -0.4 is 11.2 Å². The monoisotopic (exact) mass is 370 g/mol. The number of nitrogens with one attached hydrogen (secondary N) is 1. The largest absolute Gasteiger partial charge is 0.328 e. The van der Waals surface area contributed by atoms with Crippen molar-refractivity contribution in [3.8, 4) is 0 Å². The lowest BCUT2D eigenvalue weighted by Gasteiger charge is -2.34. The van der Waals surface area contributed by atoms with Crippen LogP contribution in [0.1, 0.15) is 23.1 Å². The molecule has 0 unspecified atom stereocenters. The molecule has 0 saturated carbocycles. The average molecular weight is 370 g/mol. The highest BCUT2D eigenvalue weighted by Gasteiger charge is 2.32. The van der Waals surface area contributed by atoms with E-state index in [1.54, 1.807) is 4.90 Å². The molecule has 1 aromatic heterocycles. The maximum absolute atomic E-state index is 12.7. The Morgan fingerprint density at radius 3 is 2.48 bits per heavy atom. The Morgan fingerprint density at radius 1 is 1.07 bits per heavy atom. The quantitative estimate of drug-likeness (QED) is 0.841. The number of rotatable bonds is 5. The van der Waals surface area contributed by atoms with E-state index in [2.05, 4.69) is 4.98 Å². The van der Waals surface area contributed by atoms with Crippen LogP contribution in [0.3, 0.4) is 0 Å². The predicted octanol–water partition coefficient (Wildman–Crippen LogP) is 0.779. The minimum Gasteiger partial charge on any atom is -0.323 e. The van der Waals surface area contributed by atoms with Crippen LogP contribution in [0.4, 0.5) is 4.79 Å². The molecule has 0 radical (unpaired) electrons. The lowest BCUT2D eigenvalue weighted by atomic mass is 10.1. The first-order chi connectivity index (χ1) is 12.8. The molecule has 27 heavy (non-hydrogen) atoms. The second kappa shape index (κ2) is 7.61. The van der Waals surface area contributed by atoms with E-state index in [1.807, 2.05) is 31.2 Å². The number of aromatic amines is 1. The van der Waals surface area contributed by atoms with Gasteiger partial charge in [-0.15, -0.1) is 0 Å². The summed E-state index contributed by atoms with van der Waals surface area (Å²) in [6, 6.07) is 7.68. The smallest absolute Gasteiger partial charge is 0.323 e. The molecule has 1 N–H and O–H groups in total. The van der Waals surface area contributed by atoms with E-state index in [1.165, 1.54) is 23.4 Å². The number of aryl methyl sites for hydroxylation is 2. The molecule has 1 fully saturated rings. The van der Waals surface area contributed by atoms with Gasteiger partial charge in [0.2, 0.25) is 5.91 Å². The van der Waals surface area contributed by atoms with Gasteiger partial charge in [0.25, 0.3) is 5.56 Å². The zero-order valence-electron chi connectivity index (χ0n) is 15.4. The minimum absolute atomic E-state index is 0.151. The van der Waals surface area contributed by atoms with Crippen molar-refractivity contribution in [1.29, 1.82) is 0 Å². The van der Waals surface area contributed by atoms with Gasteiger partial charge in [-0.2, -0.15) is 0 Å². The lowest BCUT2D eigenvalue weighted by Crippen LogP contribution is -2.52. The third kappa shape index (κ3) is 4.16. The number of imide groups is 1. The summed E-state index contributed by atoms with van der Waals surface area (Å²) in [5, 5.41) is 0. The highest BCUT2D eigenvalue weighted by atomic mass is 16.2. The van der Waals surface area contributed by atoms with Crippen LogP contribution in [0.5, 0.6) is 0 Å². The van der Waals surface area contributed by atoms with Crippen LogP contribution in [-0.2, 0) is 24.8 Å². The average Bonchev–Trinajstić information content (AvgIpc) is 2.63. The Kier molecular flexibility index (Phi) is 5.25. The zero-order valence-corrected chi connectivity index (χ0v) is 15.4. The minimum atomic E-state index is -0.588. The number of amides is 3. The van der Waals surface area contributed by atoms with Gasteiger partial charge in [-0.25, -0.2) is 9.59 Å². The van der Waals surface area contributed by atoms with Crippen LogP contribution in [0.25, 0.3) is 0 Å².